The van der Waals surface area contributed by atoms with Crippen molar-refractivity contribution in [3.05, 3.63) is 82.2 Å². The van der Waals surface area contributed by atoms with E-state index in [-0.39, 0.29) is 11.7 Å². The summed E-state index contributed by atoms with van der Waals surface area (Å²) in [5, 5.41) is 9.16. The topological polar surface area (TPSA) is 88.8 Å². The molecule has 0 aliphatic carbocycles. The number of nitrogens with one attached hydrogen (secondary N) is 1. The molecule has 4 aromatic rings. The summed E-state index contributed by atoms with van der Waals surface area (Å²) >= 11 is 5.18. The fourth-order valence-corrected chi connectivity index (χ4v) is 4.76. The molecule has 0 amide bonds. The van der Waals surface area contributed by atoms with Crippen LogP contribution in [0.4, 0.5) is 15.9 Å². The average molecular weight is 525 g/mol. The normalized spacial score (nSPS) is 10.7. The number of anilines is 2. The smallest absolute Gasteiger partial charge is 0.131 e. The van der Waals surface area contributed by atoms with Crippen molar-refractivity contribution in [1.82, 2.24) is 4.98 Å². The number of benzene rings is 3. The molecule has 7 heteroatoms. The average Bonchev–Trinajstić information content (AvgIpc) is 2.80. The third kappa shape index (κ3) is 5.54. The van der Waals surface area contributed by atoms with Gasteiger partial charge < -0.3 is 16.9 Å². The van der Waals surface area contributed by atoms with E-state index in [9.17, 15) is 4.39 Å². The van der Waals surface area contributed by atoms with Crippen molar-refractivity contribution in [2.45, 2.75) is 24.7 Å². The van der Waals surface area contributed by atoms with E-state index >= 15 is 0 Å². The number of nitrogen functional groups attached to an aromatic ring is 2. The van der Waals surface area contributed by atoms with Gasteiger partial charge >= 0.3 is 0 Å². The van der Waals surface area contributed by atoms with Gasteiger partial charge in [-0.1, -0.05) is 38.1 Å². The Balaban J connectivity index is 0.000000286. The van der Waals surface area contributed by atoms with E-state index in [2.05, 4.69) is 33.2 Å². The van der Waals surface area contributed by atoms with Crippen molar-refractivity contribution in [3.63, 3.8) is 0 Å². The van der Waals surface area contributed by atoms with Crippen LogP contribution in [0.3, 0.4) is 0 Å². The van der Waals surface area contributed by atoms with Crippen LogP contribution in [0.1, 0.15) is 31.0 Å². The number of halogens is 2. The molecule has 0 radical (unpaired) electrons. The fourth-order valence-electron chi connectivity index (χ4n) is 3.51. The maximum absolute atomic E-state index is 13.3. The van der Waals surface area contributed by atoms with Crippen molar-refractivity contribution >= 4 is 56.2 Å². The van der Waals surface area contributed by atoms with E-state index < -0.39 is 0 Å². The largest absolute Gasteiger partial charge is 0.398 e. The van der Waals surface area contributed by atoms with Crippen molar-refractivity contribution in [3.8, 4) is 11.1 Å². The fraction of sp³-hybridized carbons (Fsp3) is 0.154. The third-order valence-corrected chi connectivity index (χ3v) is 6.91. The third-order valence-electron chi connectivity index (χ3n) is 5.16. The van der Waals surface area contributed by atoms with Gasteiger partial charge in [0.1, 0.15) is 11.6 Å². The van der Waals surface area contributed by atoms with E-state index in [1.807, 2.05) is 38.1 Å². The van der Waals surface area contributed by atoms with Crippen LogP contribution in [0.2, 0.25) is 0 Å². The van der Waals surface area contributed by atoms with Crippen molar-refractivity contribution < 1.29 is 4.39 Å². The summed E-state index contributed by atoms with van der Waals surface area (Å²) in [4.78, 5) is 5.86. The zero-order valence-corrected chi connectivity index (χ0v) is 21.1. The number of pyridine rings is 1. The number of hydrogen-bond acceptors (Lipinski definition) is 5. The summed E-state index contributed by atoms with van der Waals surface area (Å²) in [5.74, 6) is 0.252. The van der Waals surface area contributed by atoms with Crippen LogP contribution in [-0.4, -0.2) is 17.5 Å². The molecule has 0 unspecified atom stereocenters. The Bertz CT molecular complexity index is 1290. The minimum absolute atomic E-state index is 0.137. The lowest BCUT2D eigenvalue weighted by atomic mass is 9.91. The van der Waals surface area contributed by atoms with Gasteiger partial charge in [0.25, 0.3) is 0 Å². The summed E-state index contributed by atoms with van der Waals surface area (Å²) in [6.45, 7) is 4.07. The van der Waals surface area contributed by atoms with Crippen LogP contribution in [0, 0.1) is 11.2 Å². The molecule has 0 aliphatic rings. The predicted octanol–water partition coefficient (Wildman–Crippen LogP) is 7.50. The highest BCUT2D eigenvalue weighted by molar-refractivity contribution is 9.10. The number of hydrogen-bond donors (Lipinski definition) is 3. The van der Waals surface area contributed by atoms with Crippen molar-refractivity contribution in [1.29, 1.82) is 5.41 Å². The molecular formula is C26H26BrFN4S. The van der Waals surface area contributed by atoms with E-state index in [0.29, 0.717) is 17.1 Å². The molecule has 0 saturated heterocycles. The van der Waals surface area contributed by atoms with E-state index in [1.54, 1.807) is 30.0 Å². The van der Waals surface area contributed by atoms with Crippen molar-refractivity contribution in [2.75, 3.05) is 17.7 Å². The van der Waals surface area contributed by atoms with Crippen LogP contribution >= 0.6 is 27.7 Å². The standard InChI is InChI=1S/C19H19FN4.C7H7BrS/c1-10(2)18-17(11-3-5-13(20)6-4-11)14-7-12(9-21)16(22)8-15(14)19(23)24-18;1-9-7-5-3-2-4-6(7)8/h3-10,21H,22H2,1-2H3,(H2,23,24);2-5H,1H3. The second-order valence-corrected chi connectivity index (χ2v) is 9.43. The van der Waals surface area contributed by atoms with Crippen LogP contribution in [0.5, 0.6) is 0 Å². The van der Waals surface area contributed by atoms with Crippen molar-refractivity contribution in [2.24, 2.45) is 0 Å². The molecule has 0 bridgehead atoms. The predicted molar refractivity (Wildman–Crippen MR) is 144 cm³/mol. The second-order valence-electron chi connectivity index (χ2n) is 7.72. The number of aromatic nitrogens is 1. The van der Waals surface area contributed by atoms with Gasteiger partial charge in [0.05, 0.1) is 5.69 Å². The Hall–Kier alpha value is -2.90. The lowest BCUT2D eigenvalue weighted by Crippen LogP contribution is -2.04. The minimum Gasteiger partial charge on any atom is -0.398 e. The van der Waals surface area contributed by atoms with Gasteiger partial charge in [-0.05, 0) is 75.5 Å². The van der Waals surface area contributed by atoms with Gasteiger partial charge in [-0.25, -0.2) is 9.37 Å². The minimum atomic E-state index is -0.290. The van der Waals surface area contributed by atoms with E-state index in [0.717, 1.165) is 27.6 Å². The molecule has 4 rings (SSSR count). The Morgan fingerprint density at radius 3 is 2.24 bits per heavy atom. The second kappa shape index (κ2) is 10.8. The van der Waals surface area contributed by atoms with Gasteiger partial charge in [-0.3, -0.25) is 0 Å². The summed E-state index contributed by atoms with van der Waals surface area (Å²) in [7, 11) is 0. The van der Waals surface area contributed by atoms with Crippen LogP contribution in [0.15, 0.2) is 70.0 Å². The number of nitrogens with zero attached hydrogens (tertiary/aromatic N) is 1. The number of fused-ring (bicyclic) bond motifs is 1. The summed E-state index contributed by atoms with van der Waals surface area (Å²) in [6, 6.07) is 18.1. The van der Waals surface area contributed by atoms with Crippen LogP contribution in [-0.2, 0) is 0 Å². The molecule has 1 aromatic heterocycles. The molecule has 33 heavy (non-hydrogen) atoms. The first-order valence-electron chi connectivity index (χ1n) is 10.3. The molecule has 0 aliphatic heterocycles. The Labute approximate surface area is 206 Å². The highest BCUT2D eigenvalue weighted by Gasteiger charge is 2.18. The van der Waals surface area contributed by atoms with Crippen LogP contribution < -0.4 is 11.5 Å². The summed E-state index contributed by atoms with van der Waals surface area (Å²) in [6.07, 6.45) is 3.29. The lowest BCUT2D eigenvalue weighted by molar-refractivity contribution is 0.628. The Morgan fingerprint density at radius 1 is 1.03 bits per heavy atom. The maximum atomic E-state index is 13.3. The quantitative estimate of drug-likeness (QED) is 0.146. The van der Waals surface area contributed by atoms with E-state index in [4.69, 9.17) is 16.9 Å². The molecule has 170 valence electrons. The maximum Gasteiger partial charge on any atom is 0.131 e. The van der Waals surface area contributed by atoms with Crippen LogP contribution in [0.25, 0.3) is 21.9 Å². The molecule has 1 heterocycles. The molecular weight excluding hydrogens is 499 g/mol. The monoisotopic (exact) mass is 524 g/mol. The summed E-state index contributed by atoms with van der Waals surface area (Å²) < 4.78 is 14.5. The highest BCUT2D eigenvalue weighted by atomic mass is 79.9. The number of rotatable bonds is 4. The van der Waals surface area contributed by atoms with Gasteiger partial charge in [-0.2, -0.15) is 0 Å². The Kier molecular flexibility index (Phi) is 8.10. The lowest BCUT2D eigenvalue weighted by Gasteiger charge is -2.18. The first-order chi connectivity index (χ1) is 15.8. The van der Waals surface area contributed by atoms with Gasteiger partial charge in [-0.15, -0.1) is 11.8 Å². The molecule has 0 atom stereocenters. The number of nitrogens with two attached hydrogens (primary N) is 2. The molecule has 5 N–H and O–H groups in total. The molecule has 3 aromatic carbocycles. The number of thioether (sulfide) groups is 1. The molecule has 0 fully saturated rings. The summed E-state index contributed by atoms with van der Waals surface area (Å²) in [5.41, 5.74) is 15.8. The van der Waals surface area contributed by atoms with Gasteiger partial charge in [0.15, 0.2) is 0 Å². The van der Waals surface area contributed by atoms with Gasteiger partial charge in [0.2, 0.25) is 0 Å². The molecule has 4 nitrogen and oxygen atoms in total. The van der Waals surface area contributed by atoms with Gasteiger partial charge in [0, 0.05) is 37.8 Å². The zero-order chi connectivity index (χ0) is 24.1. The molecule has 0 saturated carbocycles. The highest BCUT2D eigenvalue weighted by Crippen LogP contribution is 2.38. The Morgan fingerprint density at radius 2 is 1.70 bits per heavy atom. The molecule has 0 spiro atoms. The zero-order valence-electron chi connectivity index (χ0n) is 18.7. The first kappa shape index (κ1) is 24.7. The first-order valence-corrected chi connectivity index (χ1v) is 12.4. The van der Waals surface area contributed by atoms with E-state index in [1.165, 1.54) is 27.7 Å². The SMILES string of the molecule is CC(C)c1nc(N)c2cc(N)c(C=N)cc2c1-c1ccc(F)cc1.CSc1ccccc1Br.